The second-order valence-corrected chi connectivity index (χ2v) is 6.78. The lowest BCUT2D eigenvalue weighted by molar-refractivity contribution is -0.870. The molecular weight excluding hydrogens is 274 g/mol. The average molecular weight is 296 g/mol. The van der Waals surface area contributed by atoms with Gasteiger partial charge in [0.05, 0.1) is 26.7 Å². The molecule has 0 aromatic heterocycles. The molecule has 0 atom stereocenters. The van der Waals surface area contributed by atoms with Crippen molar-refractivity contribution in [3.8, 4) is 0 Å². The van der Waals surface area contributed by atoms with Gasteiger partial charge in [-0.1, -0.05) is 23.9 Å². The molecule has 1 aromatic carbocycles. The number of rotatable bonds is 6. The van der Waals surface area contributed by atoms with Gasteiger partial charge in [-0.15, -0.1) is 0 Å². The third-order valence-corrected chi connectivity index (χ3v) is 3.48. The van der Waals surface area contributed by atoms with Crippen LogP contribution in [0.15, 0.2) is 24.3 Å². The minimum Gasteiger partial charge on any atom is -0.456 e. The molecule has 0 bridgehead atoms. The first kappa shape index (κ1) is 16.7. The predicted octanol–water partition coefficient (Wildman–Crippen LogP) is 2.33. The number of carbonyl (C=O) groups is 2. The van der Waals surface area contributed by atoms with E-state index in [0.717, 1.165) is 16.6 Å². The van der Waals surface area contributed by atoms with Crippen molar-refractivity contribution in [2.24, 2.45) is 0 Å². The fraction of sp³-hybridized carbons (Fsp3) is 0.467. The van der Waals surface area contributed by atoms with Gasteiger partial charge >= 0.3 is 5.97 Å². The minimum absolute atomic E-state index is 0.0703. The maximum absolute atomic E-state index is 11.9. The molecular formula is C15H22NO3S+. The Labute approximate surface area is 124 Å². The molecule has 0 aliphatic heterocycles. The largest absolute Gasteiger partial charge is 0.456 e. The molecule has 0 radical (unpaired) electrons. The Morgan fingerprint density at radius 3 is 2.55 bits per heavy atom. The normalized spacial score (nSPS) is 11.2. The summed E-state index contributed by atoms with van der Waals surface area (Å²) < 4.78 is 6.01. The smallest absolute Gasteiger partial charge is 0.338 e. The Balaban J connectivity index is 2.55. The van der Waals surface area contributed by atoms with Crippen LogP contribution in [0.25, 0.3) is 0 Å². The van der Waals surface area contributed by atoms with E-state index in [1.807, 2.05) is 33.3 Å². The summed E-state index contributed by atoms with van der Waals surface area (Å²) in [5.41, 5.74) is 1.49. The molecule has 0 saturated carbocycles. The SMILES string of the molecule is CC(=O)SCc1cccc(C(=O)OCC[N+](C)(C)C)c1. The van der Waals surface area contributed by atoms with E-state index in [2.05, 4.69) is 0 Å². The maximum Gasteiger partial charge on any atom is 0.338 e. The Morgan fingerprint density at radius 2 is 1.95 bits per heavy atom. The molecule has 1 rings (SSSR count). The van der Waals surface area contributed by atoms with E-state index in [9.17, 15) is 9.59 Å². The van der Waals surface area contributed by atoms with Crippen molar-refractivity contribution in [3.05, 3.63) is 35.4 Å². The van der Waals surface area contributed by atoms with Gasteiger partial charge in [0.15, 0.2) is 5.12 Å². The van der Waals surface area contributed by atoms with Crippen LogP contribution in [0.1, 0.15) is 22.8 Å². The summed E-state index contributed by atoms with van der Waals surface area (Å²) in [5, 5.41) is 0.0703. The van der Waals surface area contributed by atoms with Crippen LogP contribution in [0, 0.1) is 0 Å². The first-order chi connectivity index (χ1) is 9.28. The predicted molar refractivity (Wildman–Crippen MR) is 81.6 cm³/mol. The first-order valence-electron chi connectivity index (χ1n) is 6.48. The van der Waals surface area contributed by atoms with Gasteiger partial charge in [0.25, 0.3) is 0 Å². The van der Waals surface area contributed by atoms with E-state index >= 15 is 0 Å². The van der Waals surface area contributed by atoms with Crippen molar-refractivity contribution < 1.29 is 18.8 Å². The lowest BCUT2D eigenvalue weighted by atomic mass is 10.1. The van der Waals surface area contributed by atoms with Crippen molar-refractivity contribution in [1.29, 1.82) is 0 Å². The number of hydrogen-bond donors (Lipinski definition) is 0. The van der Waals surface area contributed by atoms with Crippen LogP contribution >= 0.6 is 11.8 Å². The number of benzene rings is 1. The molecule has 0 fully saturated rings. The summed E-state index contributed by atoms with van der Waals surface area (Å²) >= 11 is 1.23. The first-order valence-corrected chi connectivity index (χ1v) is 7.46. The van der Waals surface area contributed by atoms with Gasteiger partial charge in [-0.3, -0.25) is 4.79 Å². The number of thioether (sulfide) groups is 1. The van der Waals surface area contributed by atoms with E-state index in [-0.39, 0.29) is 11.1 Å². The van der Waals surface area contributed by atoms with Crippen LogP contribution in [-0.2, 0) is 15.3 Å². The molecule has 20 heavy (non-hydrogen) atoms. The topological polar surface area (TPSA) is 43.4 Å². The van der Waals surface area contributed by atoms with E-state index in [4.69, 9.17) is 4.74 Å². The fourth-order valence-electron chi connectivity index (χ4n) is 1.47. The second-order valence-electron chi connectivity index (χ2n) is 5.63. The standard InChI is InChI=1S/C15H22NO3S/c1-12(17)20-11-13-6-5-7-14(10-13)15(18)19-9-8-16(2,3)4/h5-7,10H,8-9,11H2,1-4H3/q+1. The minimum atomic E-state index is -0.312. The van der Waals surface area contributed by atoms with E-state index in [1.54, 1.807) is 12.1 Å². The van der Waals surface area contributed by atoms with E-state index in [0.29, 0.717) is 17.9 Å². The quantitative estimate of drug-likeness (QED) is 0.597. The number of ether oxygens (including phenoxy) is 1. The molecule has 0 saturated heterocycles. The highest BCUT2D eigenvalue weighted by Crippen LogP contribution is 2.15. The molecule has 0 unspecified atom stereocenters. The monoisotopic (exact) mass is 296 g/mol. The molecule has 5 heteroatoms. The highest BCUT2D eigenvalue weighted by molar-refractivity contribution is 8.12. The second kappa shape index (κ2) is 7.45. The van der Waals surface area contributed by atoms with Crippen molar-refractivity contribution >= 4 is 22.8 Å². The lowest BCUT2D eigenvalue weighted by Crippen LogP contribution is -2.38. The van der Waals surface area contributed by atoms with Crippen molar-refractivity contribution in [2.45, 2.75) is 12.7 Å². The lowest BCUT2D eigenvalue weighted by Gasteiger charge is -2.23. The highest BCUT2D eigenvalue weighted by Gasteiger charge is 2.11. The Morgan fingerprint density at radius 1 is 1.25 bits per heavy atom. The van der Waals surface area contributed by atoms with Gasteiger partial charge in [-0.2, -0.15) is 0 Å². The van der Waals surface area contributed by atoms with E-state index in [1.165, 1.54) is 18.7 Å². The summed E-state index contributed by atoms with van der Waals surface area (Å²) in [6.07, 6.45) is 0. The fourth-order valence-corrected chi connectivity index (χ4v) is 2.02. The van der Waals surface area contributed by atoms with Gasteiger partial charge < -0.3 is 9.22 Å². The number of nitrogens with zero attached hydrogens (tertiary/aromatic N) is 1. The summed E-state index contributed by atoms with van der Waals surface area (Å²) in [5.74, 6) is 0.267. The Kier molecular flexibility index (Phi) is 6.23. The third-order valence-electron chi connectivity index (χ3n) is 2.60. The number of likely N-dealkylation sites (N-methyl/N-ethyl adjacent to an activating group) is 1. The van der Waals surface area contributed by atoms with Gasteiger partial charge in [0.2, 0.25) is 0 Å². The molecule has 0 aliphatic carbocycles. The Hall–Kier alpha value is -1.33. The average Bonchev–Trinajstić information content (AvgIpc) is 2.35. The van der Waals surface area contributed by atoms with Crippen LogP contribution in [0.5, 0.6) is 0 Å². The van der Waals surface area contributed by atoms with Crippen LogP contribution in [0.2, 0.25) is 0 Å². The molecule has 0 N–H and O–H groups in total. The molecule has 1 aromatic rings. The zero-order valence-corrected chi connectivity index (χ0v) is 13.3. The summed E-state index contributed by atoms with van der Waals surface area (Å²) in [6.45, 7) is 2.70. The number of carbonyl (C=O) groups excluding carboxylic acids is 2. The number of hydrogen-bond acceptors (Lipinski definition) is 4. The van der Waals surface area contributed by atoms with Gasteiger partial charge in [-0.05, 0) is 17.7 Å². The Bertz CT molecular complexity index is 480. The molecule has 0 aliphatic rings. The summed E-state index contributed by atoms with van der Waals surface area (Å²) in [4.78, 5) is 22.9. The number of esters is 1. The van der Waals surface area contributed by atoms with Crippen molar-refractivity contribution in [3.63, 3.8) is 0 Å². The van der Waals surface area contributed by atoms with Crippen LogP contribution in [-0.4, -0.2) is 49.9 Å². The third kappa shape index (κ3) is 6.73. The van der Waals surface area contributed by atoms with Crippen molar-refractivity contribution in [2.75, 3.05) is 34.3 Å². The summed E-state index contributed by atoms with van der Waals surface area (Å²) in [6, 6.07) is 7.23. The van der Waals surface area contributed by atoms with Gasteiger partial charge in [0, 0.05) is 12.7 Å². The van der Waals surface area contributed by atoms with Crippen LogP contribution in [0.4, 0.5) is 0 Å². The molecule has 4 nitrogen and oxygen atoms in total. The number of quaternary nitrogens is 1. The van der Waals surface area contributed by atoms with Crippen molar-refractivity contribution in [1.82, 2.24) is 0 Å². The van der Waals surface area contributed by atoms with E-state index < -0.39 is 0 Å². The zero-order chi connectivity index (χ0) is 15.2. The maximum atomic E-state index is 11.9. The van der Waals surface area contributed by atoms with Crippen LogP contribution in [0.3, 0.4) is 0 Å². The molecule has 0 amide bonds. The van der Waals surface area contributed by atoms with Gasteiger partial charge in [-0.25, -0.2) is 4.79 Å². The van der Waals surface area contributed by atoms with Crippen LogP contribution < -0.4 is 0 Å². The van der Waals surface area contributed by atoms with Gasteiger partial charge in [0.1, 0.15) is 13.2 Å². The highest BCUT2D eigenvalue weighted by atomic mass is 32.2. The summed E-state index contributed by atoms with van der Waals surface area (Å²) in [7, 11) is 6.15. The molecule has 0 heterocycles. The zero-order valence-electron chi connectivity index (χ0n) is 12.5. The molecule has 0 spiro atoms. The molecule has 110 valence electrons.